The summed E-state index contributed by atoms with van der Waals surface area (Å²) in [5.41, 5.74) is 0. The molecule has 1 heterocycles. The van der Waals surface area contributed by atoms with Crippen molar-refractivity contribution in [1.82, 2.24) is 4.98 Å². The molecule has 0 saturated carbocycles. The van der Waals surface area contributed by atoms with Gasteiger partial charge in [0.25, 0.3) is 5.82 Å². The molecule has 1 aromatic rings. The van der Waals surface area contributed by atoms with Gasteiger partial charge in [-0.3, -0.25) is 0 Å². The first-order chi connectivity index (χ1) is 16.2. The maximum absolute atomic E-state index is 3.64. The second kappa shape index (κ2) is 21.7. The molecule has 0 radical (unpaired) electrons. The Balaban J connectivity index is 2.22. The van der Waals surface area contributed by atoms with Gasteiger partial charge in [0.15, 0.2) is 0 Å². The topological polar surface area (TPSA) is 19.7 Å². The summed E-state index contributed by atoms with van der Waals surface area (Å²) in [7, 11) is 0. The second-order valence-corrected chi connectivity index (χ2v) is 10.8. The van der Waals surface area contributed by atoms with Gasteiger partial charge in [-0.2, -0.15) is 0 Å². The molecule has 1 N–H and O–H groups in total. The van der Waals surface area contributed by atoms with E-state index in [1.807, 2.05) is 0 Å². The molecule has 1 rings (SSSR count). The van der Waals surface area contributed by atoms with Crippen LogP contribution in [0.1, 0.15) is 187 Å². The minimum atomic E-state index is 0.623. The number of imidazole rings is 1. The van der Waals surface area contributed by atoms with Gasteiger partial charge in [0.05, 0.1) is 12.0 Å². The van der Waals surface area contributed by atoms with Crippen LogP contribution in [0.5, 0.6) is 0 Å². The lowest BCUT2D eigenvalue weighted by Gasteiger charge is -2.16. The number of hydrogen-bond acceptors (Lipinski definition) is 0. The molecule has 0 aliphatic carbocycles. The van der Waals surface area contributed by atoms with Gasteiger partial charge in [-0.15, -0.1) is 0 Å². The fraction of sp³-hybridized carbons (Fsp3) is 0.903. The minimum Gasteiger partial charge on any atom is -0.247 e. The molecule has 0 bridgehead atoms. The van der Waals surface area contributed by atoms with Crippen LogP contribution in [0, 0.1) is 0 Å². The van der Waals surface area contributed by atoms with E-state index in [-0.39, 0.29) is 0 Å². The van der Waals surface area contributed by atoms with Gasteiger partial charge in [0, 0.05) is 0 Å². The first-order valence-corrected chi connectivity index (χ1v) is 15.3. The average molecular weight is 462 g/mol. The van der Waals surface area contributed by atoms with Crippen molar-refractivity contribution in [2.24, 2.45) is 0 Å². The van der Waals surface area contributed by atoms with Gasteiger partial charge in [-0.05, 0) is 32.6 Å². The first-order valence-electron chi connectivity index (χ1n) is 15.3. The fourth-order valence-corrected chi connectivity index (χ4v) is 5.43. The Kier molecular flexibility index (Phi) is 19.9. The van der Waals surface area contributed by atoms with Crippen molar-refractivity contribution in [2.45, 2.75) is 181 Å². The molecule has 0 aromatic carbocycles. The van der Waals surface area contributed by atoms with Gasteiger partial charge < -0.3 is 0 Å². The molecule has 2 nitrogen and oxygen atoms in total. The van der Waals surface area contributed by atoms with Crippen LogP contribution in [-0.4, -0.2) is 4.98 Å². The second-order valence-electron chi connectivity index (χ2n) is 10.8. The molecule has 0 spiro atoms. The highest BCUT2D eigenvalue weighted by atomic mass is 15.1. The zero-order valence-electron chi connectivity index (χ0n) is 23.3. The van der Waals surface area contributed by atoms with Gasteiger partial charge >= 0.3 is 0 Å². The average Bonchev–Trinajstić information content (AvgIpc) is 3.31. The van der Waals surface area contributed by atoms with Crippen LogP contribution in [0.2, 0.25) is 0 Å². The molecule has 0 aliphatic rings. The smallest absolute Gasteiger partial charge is 0.247 e. The standard InChI is InChI=1S/C31H60N2/c1-5-8-10-12-14-15-16-17-18-19-20-22-25-29(4)33-28-27-32-31(33)30(24-7-3)26-23-21-13-11-9-6-2/h27-30H,5-26H2,1-4H3/p+1. The Morgan fingerprint density at radius 1 is 0.576 bits per heavy atom. The third-order valence-corrected chi connectivity index (χ3v) is 7.62. The summed E-state index contributed by atoms with van der Waals surface area (Å²) >= 11 is 0. The fourth-order valence-electron chi connectivity index (χ4n) is 5.43. The Hall–Kier alpha value is -0.790. The van der Waals surface area contributed by atoms with Crippen LogP contribution < -0.4 is 4.57 Å². The molecule has 0 aliphatic heterocycles. The molecule has 2 atom stereocenters. The van der Waals surface area contributed by atoms with E-state index in [2.05, 4.69) is 49.6 Å². The summed E-state index contributed by atoms with van der Waals surface area (Å²) in [5.74, 6) is 2.21. The lowest BCUT2D eigenvalue weighted by Crippen LogP contribution is -2.41. The Bertz CT molecular complexity index is 521. The van der Waals surface area contributed by atoms with Crippen molar-refractivity contribution in [3.05, 3.63) is 18.2 Å². The molecule has 2 heteroatoms. The van der Waals surface area contributed by atoms with Gasteiger partial charge in [0.2, 0.25) is 0 Å². The summed E-state index contributed by atoms with van der Waals surface area (Å²) in [6, 6.07) is 0.623. The normalized spacial score (nSPS) is 13.5. The molecule has 2 unspecified atom stereocenters. The van der Waals surface area contributed by atoms with Crippen LogP contribution in [-0.2, 0) is 0 Å². The van der Waals surface area contributed by atoms with E-state index in [9.17, 15) is 0 Å². The number of H-pyrrole nitrogens is 1. The predicted molar refractivity (Wildman–Crippen MR) is 147 cm³/mol. The number of nitrogens with zero attached hydrogens (tertiary/aromatic N) is 1. The summed E-state index contributed by atoms with van der Waals surface area (Å²) < 4.78 is 2.58. The van der Waals surface area contributed by atoms with Gasteiger partial charge in [-0.1, -0.05) is 136 Å². The van der Waals surface area contributed by atoms with E-state index in [0.717, 1.165) is 0 Å². The summed E-state index contributed by atoms with van der Waals surface area (Å²) in [6.07, 6.45) is 35.4. The highest BCUT2D eigenvalue weighted by molar-refractivity contribution is 4.90. The molecule has 0 amide bonds. The van der Waals surface area contributed by atoms with Crippen molar-refractivity contribution < 1.29 is 4.57 Å². The van der Waals surface area contributed by atoms with Gasteiger partial charge in [-0.25, -0.2) is 9.55 Å². The van der Waals surface area contributed by atoms with Crippen LogP contribution in [0.4, 0.5) is 0 Å². The zero-order valence-corrected chi connectivity index (χ0v) is 23.3. The number of aromatic amines is 1. The van der Waals surface area contributed by atoms with E-state index in [0.29, 0.717) is 12.0 Å². The summed E-state index contributed by atoms with van der Waals surface area (Å²) in [5, 5.41) is 0. The number of rotatable bonds is 24. The number of aromatic nitrogens is 2. The number of unbranched alkanes of at least 4 members (excludes halogenated alkanes) is 16. The van der Waals surface area contributed by atoms with E-state index < -0.39 is 0 Å². The van der Waals surface area contributed by atoms with Crippen LogP contribution in [0.3, 0.4) is 0 Å². The zero-order chi connectivity index (χ0) is 24.0. The predicted octanol–water partition coefficient (Wildman–Crippen LogP) is 10.6. The van der Waals surface area contributed by atoms with Crippen molar-refractivity contribution in [1.29, 1.82) is 0 Å². The van der Waals surface area contributed by atoms with E-state index in [1.54, 1.807) is 0 Å². The number of hydrogen-bond donors (Lipinski definition) is 1. The maximum atomic E-state index is 3.64. The van der Waals surface area contributed by atoms with Crippen LogP contribution >= 0.6 is 0 Å². The van der Waals surface area contributed by atoms with Crippen molar-refractivity contribution in [3.63, 3.8) is 0 Å². The van der Waals surface area contributed by atoms with E-state index >= 15 is 0 Å². The lowest BCUT2D eigenvalue weighted by atomic mass is 9.94. The largest absolute Gasteiger partial charge is 0.257 e. The Morgan fingerprint density at radius 2 is 1.03 bits per heavy atom. The highest BCUT2D eigenvalue weighted by Crippen LogP contribution is 2.26. The monoisotopic (exact) mass is 461 g/mol. The molecule has 1 aromatic heterocycles. The van der Waals surface area contributed by atoms with Crippen molar-refractivity contribution in [3.8, 4) is 0 Å². The molecule has 0 fully saturated rings. The molecular weight excluding hydrogens is 400 g/mol. The summed E-state index contributed by atoms with van der Waals surface area (Å²) in [6.45, 7) is 9.39. The van der Waals surface area contributed by atoms with Gasteiger partial charge in [0.1, 0.15) is 12.4 Å². The van der Waals surface area contributed by atoms with Crippen LogP contribution in [0.15, 0.2) is 12.4 Å². The van der Waals surface area contributed by atoms with E-state index in [4.69, 9.17) is 0 Å². The quantitative estimate of drug-likeness (QED) is 0.117. The Morgan fingerprint density at radius 3 is 1.52 bits per heavy atom. The maximum Gasteiger partial charge on any atom is 0.257 e. The van der Waals surface area contributed by atoms with Crippen molar-refractivity contribution in [2.75, 3.05) is 0 Å². The lowest BCUT2D eigenvalue weighted by molar-refractivity contribution is -0.727. The van der Waals surface area contributed by atoms with Crippen LogP contribution in [0.25, 0.3) is 0 Å². The first kappa shape index (κ1) is 30.2. The Labute approximate surface area is 208 Å². The molecule has 33 heavy (non-hydrogen) atoms. The molecule has 194 valence electrons. The minimum absolute atomic E-state index is 0.623. The molecule has 0 saturated heterocycles. The highest BCUT2D eigenvalue weighted by Gasteiger charge is 2.24. The van der Waals surface area contributed by atoms with Crippen molar-refractivity contribution >= 4 is 0 Å². The van der Waals surface area contributed by atoms with E-state index in [1.165, 1.54) is 147 Å². The third kappa shape index (κ3) is 14.9. The third-order valence-electron chi connectivity index (χ3n) is 7.62. The number of nitrogens with one attached hydrogen (secondary N) is 1. The molecular formula is C31H61N2+. The summed E-state index contributed by atoms with van der Waals surface area (Å²) in [4.78, 5) is 3.64. The SMILES string of the molecule is CCCCCCCCCCCCCCC(C)[n+]1cc[nH]c1C(CCC)CCCCCCCC.